The van der Waals surface area contributed by atoms with Crippen molar-refractivity contribution < 1.29 is 0 Å². The second-order valence-corrected chi connectivity index (χ2v) is 2.04. The Balaban J connectivity index is 2.56. The van der Waals surface area contributed by atoms with Gasteiger partial charge < -0.3 is 4.90 Å². The SMILES string of the molecule is C=C(C)N1C=NC=CC1. The van der Waals surface area contributed by atoms with Crippen LogP contribution in [0.2, 0.25) is 0 Å². The second kappa shape index (κ2) is 2.49. The molecule has 1 aliphatic rings. The zero-order valence-corrected chi connectivity index (χ0v) is 5.54. The van der Waals surface area contributed by atoms with E-state index in [9.17, 15) is 0 Å². The van der Waals surface area contributed by atoms with Crippen molar-refractivity contribution in [3.63, 3.8) is 0 Å². The van der Waals surface area contributed by atoms with Crippen LogP contribution < -0.4 is 0 Å². The fourth-order valence-electron chi connectivity index (χ4n) is 0.642. The first kappa shape index (κ1) is 6.08. The molecule has 0 aliphatic carbocycles. The van der Waals surface area contributed by atoms with E-state index in [1.165, 1.54) is 0 Å². The molecule has 0 aromatic rings. The van der Waals surface area contributed by atoms with Crippen LogP contribution in [0.25, 0.3) is 0 Å². The first-order valence-corrected chi connectivity index (χ1v) is 2.91. The van der Waals surface area contributed by atoms with Crippen LogP contribution in [-0.2, 0) is 0 Å². The first-order valence-electron chi connectivity index (χ1n) is 2.91. The monoisotopic (exact) mass is 122 g/mol. The number of allylic oxidation sites excluding steroid dienone is 1. The molecular formula is C7H10N2. The Morgan fingerprint density at radius 2 is 2.56 bits per heavy atom. The van der Waals surface area contributed by atoms with E-state index in [-0.39, 0.29) is 0 Å². The summed E-state index contributed by atoms with van der Waals surface area (Å²) in [6.07, 6.45) is 5.57. The molecule has 0 saturated heterocycles. The third-order valence-corrected chi connectivity index (χ3v) is 1.19. The van der Waals surface area contributed by atoms with Crippen molar-refractivity contribution in [1.29, 1.82) is 0 Å². The average Bonchev–Trinajstić information content (AvgIpc) is 1.90. The summed E-state index contributed by atoms with van der Waals surface area (Å²) in [7, 11) is 0. The second-order valence-electron chi connectivity index (χ2n) is 2.04. The van der Waals surface area contributed by atoms with Gasteiger partial charge in [0.2, 0.25) is 0 Å². The fourth-order valence-corrected chi connectivity index (χ4v) is 0.642. The lowest BCUT2D eigenvalue weighted by atomic mass is 10.4. The molecule has 0 radical (unpaired) electrons. The molecule has 0 aromatic carbocycles. The minimum atomic E-state index is 0.902. The fraction of sp³-hybridized carbons (Fsp3) is 0.286. The van der Waals surface area contributed by atoms with Gasteiger partial charge in [0.1, 0.15) is 0 Å². The van der Waals surface area contributed by atoms with Crippen molar-refractivity contribution in [2.24, 2.45) is 4.99 Å². The Morgan fingerprint density at radius 1 is 1.78 bits per heavy atom. The van der Waals surface area contributed by atoms with Crippen molar-refractivity contribution in [3.05, 3.63) is 24.6 Å². The van der Waals surface area contributed by atoms with Crippen LogP contribution in [0.5, 0.6) is 0 Å². The Kier molecular flexibility index (Phi) is 1.68. The predicted octanol–water partition coefficient (Wildman–Crippen LogP) is 1.38. The van der Waals surface area contributed by atoms with Crippen LogP contribution in [0, 0.1) is 0 Å². The molecular weight excluding hydrogens is 112 g/mol. The third-order valence-electron chi connectivity index (χ3n) is 1.19. The van der Waals surface area contributed by atoms with Crippen molar-refractivity contribution in [2.75, 3.05) is 6.54 Å². The molecule has 0 N–H and O–H groups in total. The highest BCUT2D eigenvalue weighted by Crippen LogP contribution is 1.99. The molecule has 1 rings (SSSR count). The number of nitrogens with zero attached hydrogens (tertiary/aromatic N) is 2. The molecule has 0 unspecified atom stereocenters. The normalized spacial score (nSPS) is 16.3. The van der Waals surface area contributed by atoms with Crippen molar-refractivity contribution >= 4 is 6.34 Å². The summed E-state index contributed by atoms with van der Waals surface area (Å²) in [5.41, 5.74) is 1.03. The topological polar surface area (TPSA) is 15.6 Å². The van der Waals surface area contributed by atoms with E-state index >= 15 is 0 Å². The molecule has 0 spiro atoms. The molecule has 0 aromatic heterocycles. The smallest absolute Gasteiger partial charge is 0.0949 e. The summed E-state index contributed by atoms with van der Waals surface area (Å²) in [6, 6.07) is 0. The van der Waals surface area contributed by atoms with E-state index in [2.05, 4.69) is 11.6 Å². The van der Waals surface area contributed by atoms with E-state index in [1.54, 1.807) is 12.5 Å². The summed E-state index contributed by atoms with van der Waals surface area (Å²) >= 11 is 0. The molecule has 2 nitrogen and oxygen atoms in total. The van der Waals surface area contributed by atoms with Gasteiger partial charge in [-0.3, -0.25) is 0 Å². The van der Waals surface area contributed by atoms with Crippen molar-refractivity contribution in [1.82, 2.24) is 4.90 Å². The lowest BCUT2D eigenvalue weighted by molar-refractivity contribution is 0.583. The minimum Gasteiger partial charge on any atom is -0.333 e. The van der Waals surface area contributed by atoms with Gasteiger partial charge in [0.05, 0.1) is 6.34 Å². The van der Waals surface area contributed by atoms with Crippen LogP contribution in [0.4, 0.5) is 0 Å². The van der Waals surface area contributed by atoms with Crippen LogP contribution >= 0.6 is 0 Å². The number of hydrogen-bond donors (Lipinski definition) is 0. The number of rotatable bonds is 1. The quantitative estimate of drug-likeness (QED) is 0.513. The van der Waals surface area contributed by atoms with Gasteiger partial charge in [0, 0.05) is 18.4 Å². The third kappa shape index (κ3) is 1.42. The highest BCUT2D eigenvalue weighted by molar-refractivity contribution is 5.59. The van der Waals surface area contributed by atoms with Crippen LogP contribution in [-0.4, -0.2) is 17.8 Å². The van der Waals surface area contributed by atoms with E-state index in [1.807, 2.05) is 17.9 Å². The van der Waals surface area contributed by atoms with E-state index in [4.69, 9.17) is 0 Å². The summed E-state index contributed by atoms with van der Waals surface area (Å²) in [6.45, 7) is 6.64. The van der Waals surface area contributed by atoms with Gasteiger partial charge in [-0.15, -0.1) is 0 Å². The van der Waals surface area contributed by atoms with Gasteiger partial charge in [-0.2, -0.15) is 0 Å². The average molecular weight is 122 g/mol. The highest BCUT2D eigenvalue weighted by Gasteiger charge is 1.97. The maximum Gasteiger partial charge on any atom is 0.0949 e. The summed E-state index contributed by atoms with van der Waals surface area (Å²) in [4.78, 5) is 5.93. The lowest BCUT2D eigenvalue weighted by Gasteiger charge is -2.18. The number of hydrogen-bond acceptors (Lipinski definition) is 2. The predicted molar refractivity (Wildman–Crippen MR) is 39.2 cm³/mol. The first-order chi connectivity index (χ1) is 4.30. The zero-order valence-electron chi connectivity index (χ0n) is 5.54. The molecule has 0 bridgehead atoms. The molecule has 2 heteroatoms. The minimum absolute atomic E-state index is 0.902. The van der Waals surface area contributed by atoms with Gasteiger partial charge in [-0.1, -0.05) is 6.58 Å². The zero-order chi connectivity index (χ0) is 6.69. The van der Waals surface area contributed by atoms with Gasteiger partial charge in [0.15, 0.2) is 0 Å². The van der Waals surface area contributed by atoms with Crippen LogP contribution in [0.3, 0.4) is 0 Å². The Bertz CT molecular complexity index is 168. The summed E-state index contributed by atoms with van der Waals surface area (Å²) < 4.78 is 0. The van der Waals surface area contributed by atoms with Gasteiger partial charge in [-0.25, -0.2) is 4.99 Å². The van der Waals surface area contributed by atoms with E-state index in [0.717, 1.165) is 12.2 Å². The summed E-state index contributed by atoms with van der Waals surface area (Å²) in [5.74, 6) is 0. The largest absolute Gasteiger partial charge is 0.333 e. The molecule has 1 heterocycles. The van der Waals surface area contributed by atoms with E-state index < -0.39 is 0 Å². The molecule has 9 heavy (non-hydrogen) atoms. The van der Waals surface area contributed by atoms with Crippen LogP contribution in [0.15, 0.2) is 29.5 Å². The molecule has 0 fully saturated rings. The van der Waals surface area contributed by atoms with Gasteiger partial charge in [-0.05, 0) is 13.0 Å². The lowest BCUT2D eigenvalue weighted by Crippen LogP contribution is -2.20. The molecule has 0 amide bonds. The van der Waals surface area contributed by atoms with E-state index in [0.29, 0.717) is 0 Å². The maximum absolute atomic E-state index is 3.94. The summed E-state index contributed by atoms with van der Waals surface area (Å²) in [5, 5.41) is 0. The van der Waals surface area contributed by atoms with Crippen molar-refractivity contribution in [3.8, 4) is 0 Å². The molecule has 1 aliphatic heterocycles. The van der Waals surface area contributed by atoms with Crippen LogP contribution in [0.1, 0.15) is 6.92 Å². The molecule has 0 atom stereocenters. The Hall–Kier alpha value is -1.05. The standard InChI is InChI=1S/C7H10N2/c1-7(2)9-5-3-4-8-6-9/h3-4,6H,1,5H2,2H3. The van der Waals surface area contributed by atoms with Crippen molar-refractivity contribution in [2.45, 2.75) is 6.92 Å². The van der Waals surface area contributed by atoms with Gasteiger partial charge in [0.25, 0.3) is 0 Å². The Morgan fingerprint density at radius 3 is 2.89 bits per heavy atom. The molecule has 0 saturated carbocycles. The maximum atomic E-state index is 3.94. The van der Waals surface area contributed by atoms with Gasteiger partial charge >= 0.3 is 0 Å². The highest BCUT2D eigenvalue weighted by atomic mass is 15.2. The number of aliphatic imine (C=N–C) groups is 1. The molecule has 48 valence electrons. The Labute approximate surface area is 55.2 Å².